The van der Waals surface area contributed by atoms with Crippen LogP contribution in [0.3, 0.4) is 0 Å². The van der Waals surface area contributed by atoms with Crippen LogP contribution < -0.4 is 10.2 Å². The Hall–Kier alpha value is -1.09. The van der Waals surface area contributed by atoms with Gasteiger partial charge in [-0.1, -0.05) is 34.1 Å². The summed E-state index contributed by atoms with van der Waals surface area (Å²) in [6.45, 7) is 10.9. The van der Waals surface area contributed by atoms with Crippen LogP contribution in [-0.2, 0) is 13.0 Å². The van der Waals surface area contributed by atoms with Gasteiger partial charge in [-0.25, -0.2) is 4.98 Å². The zero-order valence-corrected chi connectivity index (χ0v) is 14.6. The van der Waals surface area contributed by atoms with Crippen LogP contribution in [0.1, 0.15) is 64.6 Å². The van der Waals surface area contributed by atoms with Crippen LogP contribution >= 0.6 is 0 Å². The molecule has 1 rings (SSSR count). The molecule has 3 nitrogen and oxygen atoms in total. The van der Waals surface area contributed by atoms with E-state index in [-0.39, 0.29) is 0 Å². The highest BCUT2D eigenvalue weighted by Crippen LogP contribution is 2.19. The molecule has 1 N–H and O–H groups in total. The number of nitrogens with one attached hydrogen (secondary N) is 1. The molecule has 0 saturated heterocycles. The summed E-state index contributed by atoms with van der Waals surface area (Å²) in [5.74, 6) is 1.13. The quantitative estimate of drug-likeness (QED) is 0.656. The molecule has 0 unspecified atom stereocenters. The first kappa shape index (κ1) is 18.0. The number of hydrogen-bond acceptors (Lipinski definition) is 3. The SMILES string of the molecule is CCCNCc1cc(CCC)nc(N(C)C(CC)CC)c1. The van der Waals surface area contributed by atoms with Gasteiger partial charge in [0.2, 0.25) is 0 Å². The first-order valence-corrected chi connectivity index (χ1v) is 8.59. The summed E-state index contributed by atoms with van der Waals surface area (Å²) in [5.41, 5.74) is 2.58. The highest BCUT2D eigenvalue weighted by molar-refractivity contribution is 5.43. The zero-order chi connectivity index (χ0) is 15.7. The van der Waals surface area contributed by atoms with Crippen molar-refractivity contribution in [2.75, 3.05) is 18.5 Å². The first-order chi connectivity index (χ1) is 10.2. The van der Waals surface area contributed by atoms with Gasteiger partial charge in [0.1, 0.15) is 5.82 Å². The molecule has 120 valence electrons. The van der Waals surface area contributed by atoms with E-state index in [1.807, 2.05) is 0 Å². The minimum absolute atomic E-state index is 0.575. The summed E-state index contributed by atoms with van der Waals surface area (Å²) >= 11 is 0. The third-order valence-corrected chi connectivity index (χ3v) is 4.04. The molecule has 0 fully saturated rings. The van der Waals surface area contributed by atoms with Gasteiger partial charge in [0.15, 0.2) is 0 Å². The fourth-order valence-electron chi connectivity index (χ4n) is 2.73. The van der Waals surface area contributed by atoms with Crippen molar-refractivity contribution in [3.05, 3.63) is 23.4 Å². The van der Waals surface area contributed by atoms with Crippen LogP contribution in [0.5, 0.6) is 0 Å². The lowest BCUT2D eigenvalue weighted by Gasteiger charge is -2.28. The van der Waals surface area contributed by atoms with E-state index in [0.29, 0.717) is 6.04 Å². The molecule has 0 radical (unpaired) electrons. The van der Waals surface area contributed by atoms with Gasteiger partial charge in [-0.05, 0) is 49.9 Å². The number of rotatable bonds is 10. The molecule has 1 aromatic rings. The van der Waals surface area contributed by atoms with E-state index in [1.54, 1.807) is 0 Å². The zero-order valence-electron chi connectivity index (χ0n) is 14.6. The molecular formula is C18H33N3. The predicted molar refractivity (Wildman–Crippen MR) is 93.0 cm³/mol. The number of anilines is 1. The van der Waals surface area contributed by atoms with Gasteiger partial charge in [-0.2, -0.15) is 0 Å². The Kier molecular flexibility index (Phi) is 8.36. The molecule has 3 heteroatoms. The van der Waals surface area contributed by atoms with Crippen molar-refractivity contribution in [3.63, 3.8) is 0 Å². The topological polar surface area (TPSA) is 28.2 Å². The summed E-state index contributed by atoms with van der Waals surface area (Å²) in [6, 6.07) is 5.09. The maximum Gasteiger partial charge on any atom is 0.129 e. The Morgan fingerprint density at radius 1 is 1.10 bits per heavy atom. The van der Waals surface area contributed by atoms with Crippen molar-refractivity contribution < 1.29 is 0 Å². The number of hydrogen-bond donors (Lipinski definition) is 1. The maximum absolute atomic E-state index is 4.87. The molecule has 0 aliphatic rings. The lowest BCUT2D eigenvalue weighted by molar-refractivity contribution is 0.585. The monoisotopic (exact) mass is 291 g/mol. The summed E-state index contributed by atoms with van der Waals surface area (Å²) in [7, 11) is 2.18. The van der Waals surface area contributed by atoms with Crippen molar-refractivity contribution in [3.8, 4) is 0 Å². The maximum atomic E-state index is 4.87. The minimum atomic E-state index is 0.575. The van der Waals surface area contributed by atoms with Crippen molar-refractivity contribution >= 4 is 5.82 Å². The lowest BCUT2D eigenvalue weighted by Crippen LogP contribution is -2.31. The van der Waals surface area contributed by atoms with Crippen LogP contribution in [0.15, 0.2) is 12.1 Å². The second-order valence-electron chi connectivity index (χ2n) is 5.83. The Bertz CT molecular complexity index is 399. The van der Waals surface area contributed by atoms with Crippen molar-refractivity contribution in [1.29, 1.82) is 0 Å². The van der Waals surface area contributed by atoms with Gasteiger partial charge in [0.25, 0.3) is 0 Å². The Morgan fingerprint density at radius 3 is 2.38 bits per heavy atom. The lowest BCUT2D eigenvalue weighted by atomic mass is 10.1. The molecular weight excluding hydrogens is 258 g/mol. The molecule has 1 heterocycles. The van der Waals surface area contributed by atoms with Gasteiger partial charge in [0.05, 0.1) is 0 Å². The predicted octanol–water partition coefficient (Wildman–Crippen LogP) is 4.16. The summed E-state index contributed by atoms with van der Waals surface area (Å²) < 4.78 is 0. The van der Waals surface area contributed by atoms with Crippen molar-refractivity contribution in [2.45, 2.75) is 72.4 Å². The molecule has 0 amide bonds. The number of nitrogens with zero attached hydrogens (tertiary/aromatic N) is 2. The molecule has 21 heavy (non-hydrogen) atoms. The van der Waals surface area contributed by atoms with E-state index in [2.05, 4.69) is 57.1 Å². The van der Waals surface area contributed by atoms with E-state index in [4.69, 9.17) is 4.98 Å². The standard InChI is InChI=1S/C18H33N3/c1-6-10-16-12-15(14-19-11-7-2)13-18(20-16)21(5)17(8-3)9-4/h12-13,17,19H,6-11,14H2,1-5H3. The van der Waals surface area contributed by atoms with E-state index in [1.165, 1.54) is 17.7 Å². The normalized spacial score (nSPS) is 11.1. The molecule has 0 bridgehead atoms. The molecule has 0 aliphatic heterocycles. The fraction of sp³-hybridized carbons (Fsp3) is 0.722. The van der Waals surface area contributed by atoms with E-state index >= 15 is 0 Å². The van der Waals surface area contributed by atoms with Crippen LogP contribution in [0.4, 0.5) is 5.82 Å². The van der Waals surface area contributed by atoms with Crippen molar-refractivity contribution in [1.82, 2.24) is 10.3 Å². The number of aromatic nitrogens is 1. The molecule has 0 aromatic carbocycles. The highest BCUT2D eigenvalue weighted by atomic mass is 15.2. The van der Waals surface area contributed by atoms with Crippen LogP contribution in [0.25, 0.3) is 0 Å². The number of pyridine rings is 1. The van der Waals surface area contributed by atoms with E-state index in [9.17, 15) is 0 Å². The van der Waals surface area contributed by atoms with Gasteiger partial charge in [-0.3, -0.25) is 0 Å². The van der Waals surface area contributed by atoms with Gasteiger partial charge >= 0.3 is 0 Å². The average Bonchev–Trinajstić information content (AvgIpc) is 2.49. The van der Waals surface area contributed by atoms with Crippen LogP contribution in [0.2, 0.25) is 0 Å². The summed E-state index contributed by atoms with van der Waals surface area (Å²) in [4.78, 5) is 7.22. The minimum Gasteiger partial charge on any atom is -0.357 e. The van der Waals surface area contributed by atoms with Gasteiger partial charge in [0, 0.05) is 25.3 Å². The number of aryl methyl sites for hydroxylation is 1. The van der Waals surface area contributed by atoms with Crippen LogP contribution in [-0.4, -0.2) is 24.6 Å². The van der Waals surface area contributed by atoms with E-state index in [0.717, 1.165) is 44.6 Å². The third-order valence-electron chi connectivity index (χ3n) is 4.04. The fourth-order valence-corrected chi connectivity index (χ4v) is 2.73. The van der Waals surface area contributed by atoms with Crippen LogP contribution in [0, 0.1) is 0 Å². The largest absolute Gasteiger partial charge is 0.357 e. The molecule has 0 saturated carbocycles. The third kappa shape index (κ3) is 5.66. The Morgan fingerprint density at radius 2 is 1.81 bits per heavy atom. The van der Waals surface area contributed by atoms with E-state index < -0.39 is 0 Å². The molecule has 0 atom stereocenters. The Balaban J connectivity index is 2.94. The van der Waals surface area contributed by atoms with Gasteiger partial charge in [-0.15, -0.1) is 0 Å². The molecule has 0 aliphatic carbocycles. The average molecular weight is 291 g/mol. The van der Waals surface area contributed by atoms with Crippen molar-refractivity contribution in [2.24, 2.45) is 0 Å². The second-order valence-corrected chi connectivity index (χ2v) is 5.83. The summed E-state index contributed by atoms with van der Waals surface area (Å²) in [5, 5.41) is 3.50. The second kappa shape index (κ2) is 9.78. The highest BCUT2D eigenvalue weighted by Gasteiger charge is 2.14. The first-order valence-electron chi connectivity index (χ1n) is 8.59. The summed E-state index contributed by atoms with van der Waals surface area (Å²) in [6.07, 6.45) is 5.71. The Labute approximate surface area is 131 Å². The smallest absolute Gasteiger partial charge is 0.129 e. The van der Waals surface area contributed by atoms with Gasteiger partial charge < -0.3 is 10.2 Å². The molecule has 1 aromatic heterocycles. The molecule has 0 spiro atoms.